The molecular weight excluding hydrogens is 418 g/mol. The highest BCUT2D eigenvalue weighted by Crippen LogP contribution is 2.61. The van der Waals surface area contributed by atoms with Crippen LogP contribution in [0.25, 0.3) is 0 Å². The summed E-state index contributed by atoms with van der Waals surface area (Å²) in [5.41, 5.74) is 0.666. The second-order valence-electron chi connectivity index (χ2n) is 8.53. The highest BCUT2D eigenvalue weighted by Gasteiger charge is 2.74. The Labute approximate surface area is 183 Å². The first-order valence-electron chi connectivity index (χ1n) is 10.4. The van der Waals surface area contributed by atoms with E-state index in [1.165, 1.54) is 4.90 Å². The molecule has 6 rings (SSSR count). The summed E-state index contributed by atoms with van der Waals surface area (Å²) in [6.45, 7) is 0.670. The number of carbonyl (C=O) groups excluding carboxylic acids is 3. The number of carbonyl (C=O) groups is 3. The Kier molecular flexibility index (Phi) is 3.83. The van der Waals surface area contributed by atoms with Crippen molar-refractivity contribution in [2.75, 3.05) is 23.9 Å². The first-order chi connectivity index (χ1) is 15.0. The van der Waals surface area contributed by atoms with Crippen molar-refractivity contribution in [1.82, 2.24) is 4.90 Å². The maximum absolute atomic E-state index is 13.8. The molecule has 4 aliphatic rings. The molecule has 158 valence electrons. The Morgan fingerprint density at radius 2 is 1.87 bits per heavy atom. The number of benzene rings is 2. The van der Waals surface area contributed by atoms with Crippen LogP contribution >= 0.6 is 11.6 Å². The van der Waals surface area contributed by atoms with Crippen molar-refractivity contribution in [3.63, 3.8) is 0 Å². The van der Waals surface area contributed by atoms with Gasteiger partial charge in [0.05, 0.1) is 24.6 Å². The van der Waals surface area contributed by atoms with Gasteiger partial charge in [-0.3, -0.25) is 19.3 Å². The van der Waals surface area contributed by atoms with Crippen molar-refractivity contribution in [2.45, 2.75) is 24.4 Å². The van der Waals surface area contributed by atoms with Crippen LogP contribution in [0.2, 0.25) is 5.02 Å². The number of amides is 3. The van der Waals surface area contributed by atoms with Crippen LogP contribution in [0.1, 0.15) is 18.4 Å². The summed E-state index contributed by atoms with van der Waals surface area (Å²) < 4.78 is 5.42. The van der Waals surface area contributed by atoms with Crippen molar-refractivity contribution in [1.29, 1.82) is 0 Å². The number of nitrogens with one attached hydrogen (secondary N) is 1. The third-order valence-corrected chi connectivity index (χ3v) is 7.54. The summed E-state index contributed by atoms with van der Waals surface area (Å²) in [4.78, 5) is 44.3. The molecule has 3 saturated heterocycles. The lowest BCUT2D eigenvalue weighted by Gasteiger charge is -2.36. The van der Waals surface area contributed by atoms with E-state index in [9.17, 15) is 14.4 Å². The van der Waals surface area contributed by atoms with E-state index in [-0.39, 0.29) is 23.8 Å². The van der Waals surface area contributed by atoms with Crippen LogP contribution in [0.5, 0.6) is 5.75 Å². The zero-order chi connectivity index (χ0) is 21.5. The van der Waals surface area contributed by atoms with Gasteiger partial charge in [0.2, 0.25) is 17.7 Å². The minimum Gasteiger partial charge on any atom is -0.497 e. The largest absolute Gasteiger partial charge is 0.497 e. The smallest absolute Gasteiger partial charge is 0.250 e. The fourth-order valence-corrected chi connectivity index (χ4v) is 6.28. The van der Waals surface area contributed by atoms with Crippen molar-refractivity contribution < 1.29 is 19.1 Å². The van der Waals surface area contributed by atoms with Gasteiger partial charge in [-0.2, -0.15) is 0 Å². The molecule has 0 radical (unpaired) electrons. The average molecular weight is 438 g/mol. The number of halogens is 1. The van der Waals surface area contributed by atoms with Gasteiger partial charge in [0.1, 0.15) is 11.3 Å². The first kappa shape index (κ1) is 18.8. The van der Waals surface area contributed by atoms with Crippen molar-refractivity contribution in [3.05, 3.63) is 53.1 Å². The predicted molar refractivity (Wildman–Crippen MR) is 114 cm³/mol. The number of hydrogen-bond acceptors (Lipinski definition) is 5. The zero-order valence-electron chi connectivity index (χ0n) is 16.8. The standard InChI is InChI=1S/C23H20ClN3O4/c1-31-14-8-9-16-15(11-14)23(22(30)25-16)19-18(17-3-2-10-26(17)23)20(28)27(21(19)29)13-6-4-12(24)5-7-13/h4-9,11,17-19H,2-3,10H2,1H3,(H,25,30)/t17-,18-,19-,23+/m1/s1. The van der Waals surface area contributed by atoms with E-state index >= 15 is 0 Å². The molecule has 3 fully saturated rings. The molecule has 0 unspecified atom stereocenters. The molecule has 2 aromatic carbocycles. The van der Waals surface area contributed by atoms with Gasteiger partial charge >= 0.3 is 0 Å². The van der Waals surface area contributed by atoms with E-state index in [1.807, 2.05) is 6.07 Å². The van der Waals surface area contributed by atoms with E-state index in [1.54, 1.807) is 43.5 Å². The predicted octanol–water partition coefficient (Wildman–Crippen LogP) is 2.78. The van der Waals surface area contributed by atoms with E-state index in [4.69, 9.17) is 16.3 Å². The lowest BCUT2D eigenvalue weighted by Crippen LogP contribution is -2.54. The number of nitrogens with zero attached hydrogens (tertiary/aromatic N) is 2. The van der Waals surface area contributed by atoms with E-state index < -0.39 is 17.4 Å². The number of imide groups is 1. The molecule has 31 heavy (non-hydrogen) atoms. The summed E-state index contributed by atoms with van der Waals surface area (Å²) in [7, 11) is 1.57. The molecule has 8 heteroatoms. The number of ether oxygens (including phenoxy) is 1. The van der Waals surface area contributed by atoms with E-state index in [0.29, 0.717) is 28.7 Å². The first-order valence-corrected chi connectivity index (χ1v) is 10.8. The van der Waals surface area contributed by atoms with Gasteiger partial charge in [-0.1, -0.05) is 11.6 Å². The van der Waals surface area contributed by atoms with Crippen molar-refractivity contribution in [2.24, 2.45) is 11.8 Å². The molecule has 1 N–H and O–H groups in total. The molecule has 0 aliphatic carbocycles. The molecule has 4 atom stereocenters. The highest BCUT2D eigenvalue weighted by molar-refractivity contribution is 6.31. The molecule has 0 saturated carbocycles. The Hall–Kier alpha value is -2.90. The molecule has 0 bridgehead atoms. The third-order valence-electron chi connectivity index (χ3n) is 7.28. The number of fused-ring (bicyclic) bond motifs is 7. The minimum atomic E-state index is -1.20. The fraction of sp³-hybridized carbons (Fsp3) is 0.348. The SMILES string of the molecule is COc1ccc2c(c1)[C@@]1(C(=O)N2)[C@H]2C(=O)N(c3ccc(Cl)cc3)C(=O)[C@@H]2[C@H]2CCCN21. The molecule has 7 nitrogen and oxygen atoms in total. The number of rotatable bonds is 2. The number of anilines is 2. The van der Waals surface area contributed by atoms with Gasteiger partial charge in [0.15, 0.2) is 0 Å². The van der Waals surface area contributed by atoms with Gasteiger partial charge in [0, 0.05) is 22.3 Å². The molecule has 4 heterocycles. The topological polar surface area (TPSA) is 79.0 Å². The third kappa shape index (κ3) is 2.20. The lowest BCUT2D eigenvalue weighted by molar-refractivity contribution is -0.135. The van der Waals surface area contributed by atoms with Crippen LogP contribution in [0.3, 0.4) is 0 Å². The van der Waals surface area contributed by atoms with Crippen LogP contribution in [-0.4, -0.2) is 42.3 Å². The Balaban J connectivity index is 1.55. The van der Waals surface area contributed by atoms with Crippen LogP contribution in [0, 0.1) is 11.8 Å². The van der Waals surface area contributed by atoms with Gasteiger partial charge in [-0.25, -0.2) is 4.90 Å². The second-order valence-corrected chi connectivity index (χ2v) is 8.96. The number of methoxy groups -OCH3 is 1. The molecule has 3 amide bonds. The fourth-order valence-electron chi connectivity index (χ4n) is 6.15. The van der Waals surface area contributed by atoms with Crippen molar-refractivity contribution >= 4 is 40.7 Å². The quantitative estimate of drug-likeness (QED) is 0.731. The normalized spacial score (nSPS) is 31.2. The van der Waals surface area contributed by atoms with Crippen molar-refractivity contribution in [3.8, 4) is 5.75 Å². The maximum atomic E-state index is 13.8. The average Bonchev–Trinajstić information content (AvgIpc) is 3.47. The molecular formula is C23H20ClN3O4. The molecule has 1 spiro atoms. The van der Waals surface area contributed by atoms with Gasteiger partial charge in [-0.05, 0) is 61.9 Å². The molecule has 4 aliphatic heterocycles. The Bertz CT molecular complexity index is 1150. The summed E-state index contributed by atoms with van der Waals surface area (Å²) in [6.07, 6.45) is 1.66. The summed E-state index contributed by atoms with van der Waals surface area (Å²) in [5, 5.41) is 3.49. The van der Waals surface area contributed by atoms with Crippen LogP contribution in [0.4, 0.5) is 11.4 Å². The van der Waals surface area contributed by atoms with E-state index in [2.05, 4.69) is 10.2 Å². The number of hydrogen-bond donors (Lipinski definition) is 1. The Morgan fingerprint density at radius 1 is 1.10 bits per heavy atom. The highest BCUT2D eigenvalue weighted by atomic mass is 35.5. The van der Waals surface area contributed by atoms with Crippen LogP contribution in [-0.2, 0) is 19.9 Å². The minimum absolute atomic E-state index is 0.151. The summed E-state index contributed by atoms with van der Waals surface area (Å²) >= 11 is 6.00. The van der Waals surface area contributed by atoms with Crippen LogP contribution in [0.15, 0.2) is 42.5 Å². The second kappa shape index (κ2) is 6.31. The Morgan fingerprint density at radius 3 is 2.61 bits per heavy atom. The summed E-state index contributed by atoms with van der Waals surface area (Å²) in [5.74, 6) is -1.55. The summed E-state index contributed by atoms with van der Waals surface area (Å²) in [6, 6.07) is 11.9. The van der Waals surface area contributed by atoms with Gasteiger partial charge < -0.3 is 10.1 Å². The molecule has 2 aromatic rings. The van der Waals surface area contributed by atoms with E-state index in [0.717, 1.165) is 18.4 Å². The molecule has 0 aromatic heterocycles. The zero-order valence-corrected chi connectivity index (χ0v) is 17.6. The van der Waals surface area contributed by atoms with Gasteiger partial charge in [0.25, 0.3) is 0 Å². The monoisotopic (exact) mass is 437 g/mol. The van der Waals surface area contributed by atoms with Gasteiger partial charge in [-0.15, -0.1) is 0 Å². The maximum Gasteiger partial charge on any atom is 0.250 e. The van der Waals surface area contributed by atoms with Crippen LogP contribution < -0.4 is 15.0 Å². The lowest BCUT2D eigenvalue weighted by atomic mass is 9.75.